The summed E-state index contributed by atoms with van der Waals surface area (Å²) in [5.41, 5.74) is 0.237. The summed E-state index contributed by atoms with van der Waals surface area (Å²) in [4.78, 5) is 14.1. The van der Waals surface area contributed by atoms with Crippen molar-refractivity contribution in [3.05, 3.63) is 42.7 Å². The van der Waals surface area contributed by atoms with Crippen LogP contribution >= 0.6 is 7.37 Å². The van der Waals surface area contributed by atoms with E-state index in [2.05, 4.69) is 4.98 Å². The van der Waals surface area contributed by atoms with Crippen molar-refractivity contribution in [1.29, 1.82) is 0 Å². The van der Waals surface area contributed by atoms with Gasteiger partial charge in [0.2, 0.25) is 0 Å². The van der Waals surface area contributed by atoms with Crippen LogP contribution in [0.15, 0.2) is 42.7 Å². The van der Waals surface area contributed by atoms with Gasteiger partial charge in [0.05, 0.1) is 0 Å². The summed E-state index contributed by atoms with van der Waals surface area (Å²) in [6.07, 6.45) is 3.26. The SMILES string of the molecule is CCn1ccnc1P(=O)(O)c1ccccc1.[Na]. The van der Waals surface area contributed by atoms with Crippen LogP contribution in [0.2, 0.25) is 0 Å². The van der Waals surface area contributed by atoms with Gasteiger partial charge in [-0.25, -0.2) is 4.98 Å². The van der Waals surface area contributed by atoms with Gasteiger partial charge in [0.25, 0.3) is 7.37 Å². The summed E-state index contributed by atoms with van der Waals surface area (Å²) < 4.78 is 14.0. The van der Waals surface area contributed by atoms with Crippen LogP contribution in [0, 0.1) is 0 Å². The van der Waals surface area contributed by atoms with E-state index >= 15 is 0 Å². The molecule has 1 radical (unpaired) electrons. The molecule has 0 aliphatic rings. The molecule has 1 heterocycles. The molecule has 1 unspecified atom stereocenters. The summed E-state index contributed by atoms with van der Waals surface area (Å²) in [7, 11) is -3.55. The third kappa shape index (κ3) is 2.90. The molecule has 6 heteroatoms. The van der Waals surface area contributed by atoms with Crippen LogP contribution in [-0.4, -0.2) is 44.0 Å². The Balaban J connectivity index is 0.00000144. The molecular weight excluding hydrogens is 246 g/mol. The second-order valence-electron chi connectivity index (χ2n) is 3.42. The molecule has 1 atom stereocenters. The first kappa shape index (κ1) is 14.7. The summed E-state index contributed by atoms with van der Waals surface area (Å²) in [5, 5.41) is 0.413. The Kier molecular flexibility index (Phi) is 5.17. The van der Waals surface area contributed by atoms with E-state index in [1.54, 1.807) is 41.2 Å². The molecule has 1 N–H and O–H groups in total. The van der Waals surface area contributed by atoms with Gasteiger partial charge in [-0.05, 0) is 19.1 Å². The van der Waals surface area contributed by atoms with Crippen molar-refractivity contribution in [3.8, 4) is 0 Å². The van der Waals surface area contributed by atoms with Gasteiger partial charge in [-0.1, -0.05) is 18.2 Å². The molecule has 0 saturated carbocycles. The maximum atomic E-state index is 12.3. The molecule has 0 aliphatic heterocycles. The van der Waals surface area contributed by atoms with Crippen LogP contribution < -0.4 is 10.9 Å². The molecule has 0 fully saturated rings. The van der Waals surface area contributed by atoms with Gasteiger partial charge >= 0.3 is 0 Å². The van der Waals surface area contributed by atoms with Crippen molar-refractivity contribution < 1.29 is 9.46 Å². The third-order valence-corrected chi connectivity index (χ3v) is 4.32. The van der Waals surface area contributed by atoms with Gasteiger partial charge in [-0.15, -0.1) is 0 Å². The smallest absolute Gasteiger partial charge is 0.293 e. The van der Waals surface area contributed by atoms with Crippen LogP contribution in [0.4, 0.5) is 0 Å². The molecule has 17 heavy (non-hydrogen) atoms. The molecule has 0 aliphatic carbocycles. The Bertz CT molecular complexity index is 527. The first-order valence-electron chi connectivity index (χ1n) is 5.06. The fourth-order valence-electron chi connectivity index (χ4n) is 1.57. The van der Waals surface area contributed by atoms with Crippen LogP contribution in [0.5, 0.6) is 0 Å². The number of rotatable bonds is 3. The average Bonchev–Trinajstić information content (AvgIpc) is 2.79. The Morgan fingerprint density at radius 3 is 2.59 bits per heavy atom. The third-order valence-electron chi connectivity index (χ3n) is 2.41. The van der Waals surface area contributed by atoms with E-state index in [1.165, 1.54) is 0 Å². The minimum Gasteiger partial charge on any atom is -0.336 e. The van der Waals surface area contributed by atoms with Crippen molar-refractivity contribution >= 4 is 47.8 Å². The van der Waals surface area contributed by atoms with Gasteiger partial charge in [0, 0.05) is 53.8 Å². The number of benzene rings is 1. The Morgan fingerprint density at radius 1 is 1.35 bits per heavy atom. The van der Waals surface area contributed by atoms with E-state index in [1.807, 2.05) is 13.0 Å². The molecule has 1 aromatic carbocycles. The van der Waals surface area contributed by atoms with Crippen LogP contribution in [0.1, 0.15) is 6.92 Å². The number of nitrogens with zero attached hydrogens (tertiary/aromatic N) is 2. The minimum atomic E-state index is -3.55. The van der Waals surface area contributed by atoms with E-state index in [9.17, 15) is 9.46 Å². The number of hydrogen-bond donors (Lipinski definition) is 1. The van der Waals surface area contributed by atoms with Crippen molar-refractivity contribution in [3.63, 3.8) is 0 Å². The van der Waals surface area contributed by atoms with Crippen molar-refractivity contribution in [2.24, 2.45) is 0 Å². The van der Waals surface area contributed by atoms with Crippen LogP contribution in [0.3, 0.4) is 0 Å². The molecule has 0 amide bonds. The van der Waals surface area contributed by atoms with Gasteiger partial charge in [-0.3, -0.25) is 4.57 Å². The Morgan fingerprint density at radius 2 is 2.00 bits per heavy atom. The molecule has 85 valence electrons. The van der Waals surface area contributed by atoms with Gasteiger partial charge in [0.1, 0.15) is 0 Å². The average molecular weight is 259 g/mol. The van der Waals surface area contributed by atoms with E-state index in [0.717, 1.165) is 0 Å². The van der Waals surface area contributed by atoms with Crippen molar-refractivity contribution in [2.75, 3.05) is 0 Å². The number of aryl methyl sites for hydroxylation is 1. The molecular formula is C11H13N2NaO2P. The van der Waals surface area contributed by atoms with Crippen molar-refractivity contribution in [1.82, 2.24) is 9.55 Å². The molecule has 0 bridgehead atoms. The zero-order valence-electron chi connectivity index (χ0n) is 9.95. The first-order valence-corrected chi connectivity index (χ1v) is 6.72. The molecule has 0 saturated heterocycles. The van der Waals surface area contributed by atoms with Crippen LogP contribution in [0.25, 0.3) is 0 Å². The monoisotopic (exact) mass is 259 g/mol. The normalized spacial score (nSPS) is 13.8. The molecule has 0 spiro atoms. The number of hydrogen-bond acceptors (Lipinski definition) is 2. The molecule has 2 aromatic rings. The van der Waals surface area contributed by atoms with E-state index in [4.69, 9.17) is 0 Å². The summed E-state index contributed by atoms with van der Waals surface area (Å²) in [5.74, 6) is 0. The summed E-state index contributed by atoms with van der Waals surface area (Å²) in [6, 6.07) is 8.61. The zero-order valence-corrected chi connectivity index (χ0v) is 12.8. The van der Waals surface area contributed by atoms with Gasteiger partial charge in [0.15, 0.2) is 5.57 Å². The number of aromatic nitrogens is 2. The maximum Gasteiger partial charge on any atom is 0.293 e. The fourth-order valence-corrected chi connectivity index (χ4v) is 3.15. The summed E-state index contributed by atoms with van der Waals surface area (Å²) in [6.45, 7) is 2.54. The predicted molar refractivity (Wildman–Crippen MR) is 69.2 cm³/mol. The quantitative estimate of drug-likeness (QED) is 0.653. The van der Waals surface area contributed by atoms with Crippen LogP contribution in [-0.2, 0) is 11.1 Å². The maximum absolute atomic E-state index is 12.3. The minimum absolute atomic E-state index is 0. The predicted octanol–water partition coefficient (Wildman–Crippen LogP) is 0.743. The second-order valence-corrected chi connectivity index (χ2v) is 5.49. The van der Waals surface area contributed by atoms with E-state index in [-0.39, 0.29) is 35.1 Å². The van der Waals surface area contributed by atoms with Crippen molar-refractivity contribution in [2.45, 2.75) is 13.5 Å². The molecule has 4 nitrogen and oxygen atoms in total. The first-order chi connectivity index (χ1) is 7.66. The topological polar surface area (TPSA) is 55.1 Å². The standard InChI is InChI=1S/C11H13N2O2P.Na/c1-2-13-9-8-12-11(13)16(14,15)10-6-4-3-5-7-10;/h3-9H,2H2,1H3,(H,14,15);. The Labute approximate surface area is 122 Å². The zero-order chi connectivity index (χ0) is 11.6. The number of imidazole rings is 1. The van der Waals surface area contributed by atoms with Gasteiger partial charge < -0.3 is 9.46 Å². The Hall–Kier alpha value is -0.380. The molecule has 2 rings (SSSR count). The largest absolute Gasteiger partial charge is 0.336 e. The van der Waals surface area contributed by atoms with E-state index in [0.29, 0.717) is 11.8 Å². The fraction of sp³-hybridized carbons (Fsp3) is 0.182. The summed E-state index contributed by atoms with van der Waals surface area (Å²) >= 11 is 0. The molecule has 1 aromatic heterocycles. The van der Waals surface area contributed by atoms with Gasteiger partial charge in [-0.2, -0.15) is 0 Å². The van der Waals surface area contributed by atoms with E-state index < -0.39 is 7.37 Å². The second kappa shape index (κ2) is 5.98.